The van der Waals surface area contributed by atoms with Crippen LogP contribution in [0.2, 0.25) is 5.15 Å². The second-order valence-corrected chi connectivity index (χ2v) is 5.78. The van der Waals surface area contributed by atoms with Crippen molar-refractivity contribution in [3.63, 3.8) is 0 Å². The molecule has 6 heteroatoms. The van der Waals surface area contributed by atoms with Crippen LogP contribution < -0.4 is 5.73 Å². The second kappa shape index (κ2) is 4.59. The first-order valence-corrected chi connectivity index (χ1v) is 6.84. The van der Waals surface area contributed by atoms with Crippen molar-refractivity contribution in [3.8, 4) is 0 Å². The summed E-state index contributed by atoms with van der Waals surface area (Å²) in [4.78, 5) is 18.2. The summed E-state index contributed by atoms with van der Waals surface area (Å²) < 4.78 is 0. The highest BCUT2D eigenvalue weighted by atomic mass is 35.5. The largest absolute Gasteiger partial charge is 0.401 e. The van der Waals surface area contributed by atoms with Crippen LogP contribution >= 0.6 is 11.6 Å². The smallest absolute Gasteiger partial charge is 0.254 e. The van der Waals surface area contributed by atoms with E-state index in [1.807, 2.05) is 0 Å². The first-order chi connectivity index (χ1) is 9.55. The Labute approximate surface area is 121 Å². The summed E-state index contributed by atoms with van der Waals surface area (Å²) >= 11 is 5.83. The van der Waals surface area contributed by atoms with Crippen LogP contribution in [-0.4, -0.2) is 35.1 Å². The number of nitrogens with two attached hydrogens (primary N) is 1. The number of nitrogens with one attached hydrogen (secondary N) is 1. The zero-order valence-electron chi connectivity index (χ0n) is 10.9. The van der Waals surface area contributed by atoms with Gasteiger partial charge < -0.3 is 16.0 Å². The molecule has 0 unspecified atom stereocenters. The maximum atomic E-state index is 12.5. The van der Waals surface area contributed by atoms with Crippen molar-refractivity contribution in [3.05, 3.63) is 40.3 Å². The first-order valence-electron chi connectivity index (χ1n) is 6.46. The molecule has 0 bridgehead atoms. The number of hydrogen-bond acceptors (Lipinski definition) is 4. The van der Waals surface area contributed by atoms with E-state index >= 15 is 0 Å². The molecule has 20 heavy (non-hydrogen) atoms. The number of pyridine rings is 1. The zero-order chi connectivity index (χ0) is 14.3. The average molecular weight is 291 g/mol. The fourth-order valence-electron chi connectivity index (χ4n) is 2.70. The molecule has 1 amide bonds. The van der Waals surface area contributed by atoms with Gasteiger partial charge in [0.15, 0.2) is 0 Å². The molecule has 0 atom stereocenters. The van der Waals surface area contributed by atoms with Gasteiger partial charge in [0.2, 0.25) is 0 Å². The summed E-state index contributed by atoms with van der Waals surface area (Å²) in [5.74, 6) is -0.0903. The quantitative estimate of drug-likeness (QED) is 0.644. The molecule has 1 aromatic rings. The molecule has 0 saturated heterocycles. The average Bonchev–Trinajstić information content (AvgIpc) is 3.21. The third-order valence-electron chi connectivity index (χ3n) is 4.06. The van der Waals surface area contributed by atoms with Gasteiger partial charge in [-0.3, -0.25) is 4.79 Å². The van der Waals surface area contributed by atoms with Gasteiger partial charge in [-0.2, -0.15) is 0 Å². The molecule has 3 rings (SSSR count). The van der Waals surface area contributed by atoms with Crippen molar-refractivity contribution in [2.24, 2.45) is 11.1 Å². The topological polar surface area (TPSA) is 83.1 Å². The zero-order valence-corrected chi connectivity index (χ0v) is 11.7. The standard InChI is InChI=1S/C14H15ClN4O/c15-11-5-9(1-4-18-11)13(20)19-7-10(6-16)12(17)14(8-19)2-3-14/h1,4-6,16H,2-3,7-8,17H2. The van der Waals surface area contributed by atoms with Gasteiger partial charge in [0.05, 0.1) is 0 Å². The molecule has 1 spiro atoms. The Bertz CT molecular complexity index is 621. The molecule has 1 aliphatic carbocycles. The molecule has 1 aromatic heterocycles. The Hall–Kier alpha value is -1.88. The number of hydrogen-bond donors (Lipinski definition) is 2. The summed E-state index contributed by atoms with van der Waals surface area (Å²) in [6, 6.07) is 3.22. The van der Waals surface area contributed by atoms with Gasteiger partial charge in [-0.1, -0.05) is 11.6 Å². The molecular formula is C14H15ClN4O. The Morgan fingerprint density at radius 3 is 2.90 bits per heavy atom. The van der Waals surface area contributed by atoms with Gasteiger partial charge in [-0.25, -0.2) is 4.98 Å². The normalized spacial score (nSPS) is 20.1. The molecule has 1 fully saturated rings. The lowest BCUT2D eigenvalue weighted by molar-refractivity contribution is 0.0733. The van der Waals surface area contributed by atoms with E-state index < -0.39 is 0 Å². The SMILES string of the molecule is N=CC1=C(N)C2(CC2)CN(C(=O)c2ccnc(Cl)c2)C1. The van der Waals surface area contributed by atoms with Crippen LogP contribution in [0.3, 0.4) is 0 Å². The van der Waals surface area contributed by atoms with Crippen LogP contribution in [0.25, 0.3) is 0 Å². The van der Waals surface area contributed by atoms with Crippen LogP contribution in [-0.2, 0) is 0 Å². The lowest BCUT2D eigenvalue weighted by Crippen LogP contribution is -2.44. The van der Waals surface area contributed by atoms with E-state index in [2.05, 4.69) is 4.98 Å². The number of amides is 1. The molecule has 2 aliphatic rings. The van der Waals surface area contributed by atoms with E-state index in [9.17, 15) is 4.79 Å². The van der Waals surface area contributed by atoms with Crippen molar-refractivity contribution < 1.29 is 4.79 Å². The van der Waals surface area contributed by atoms with Gasteiger partial charge in [0.25, 0.3) is 5.91 Å². The van der Waals surface area contributed by atoms with Gasteiger partial charge in [-0.15, -0.1) is 0 Å². The molecular weight excluding hydrogens is 276 g/mol. The van der Waals surface area contributed by atoms with Crippen molar-refractivity contribution in [2.75, 3.05) is 13.1 Å². The lowest BCUT2D eigenvalue weighted by Gasteiger charge is -2.34. The van der Waals surface area contributed by atoms with Crippen molar-refractivity contribution in [1.29, 1.82) is 5.41 Å². The van der Waals surface area contributed by atoms with Gasteiger partial charge in [0.1, 0.15) is 5.15 Å². The Morgan fingerprint density at radius 1 is 1.55 bits per heavy atom. The molecule has 104 valence electrons. The lowest BCUT2D eigenvalue weighted by atomic mass is 9.92. The first kappa shape index (κ1) is 13.1. The highest BCUT2D eigenvalue weighted by Gasteiger charge is 2.50. The van der Waals surface area contributed by atoms with E-state index in [0.717, 1.165) is 24.1 Å². The number of carbonyl (C=O) groups is 1. The fraction of sp³-hybridized carbons (Fsp3) is 0.357. The van der Waals surface area contributed by atoms with Gasteiger partial charge >= 0.3 is 0 Å². The van der Waals surface area contributed by atoms with Gasteiger partial charge in [0, 0.05) is 47.7 Å². The number of halogens is 1. The summed E-state index contributed by atoms with van der Waals surface area (Å²) in [7, 11) is 0. The predicted molar refractivity (Wildman–Crippen MR) is 76.8 cm³/mol. The highest BCUT2D eigenvalue weighted by Crippen LogP contribution is 2.53. The Morgan fingerprint density at radius 2 is 2.30 bits per heavy atom. The highest BCUT2D eigenvalue weighted by molar-refractivity contribution is 6.29. The van der Waals surface area contributed by atoms with E-state index in [1.54, 1.807) is 17.0 Å². The Balaban J connectivity index is 1.89. The molecule has 1 saturated carbocycles. The van der Waals surface area contributed by atoms with E-state index in [4.69, 9.17) is 22.7 Å². The van der Waals surface area contributed by atoms with Crippen LogP contribution in [0, 0.1) is 10.8 Å². The van der Waals surface area contributed by atoms with E-state index in [0.29, 0.717) is 23.8 Å². The molecule has 5 nitrogen and oxygen atoms in total. The predicted octanol–water partition coefficient (Wildman–Crippen LogP) is 1.83. The summed E-state index contributed by atoms with van der Waals surface area (Å²) in [6.45, 7) is 1.00. The summed E-state index contributed by atoms with van der Waals surface area (Å²) in [6.07, 6.45) is 4.75. The van der Waals surface area contributed by atoms with Gasteiger partial charge in [-0.05, 0) is 25.0 Å². The Kier molecular flexibility index (Phi) is 3.01. The van der Waals surface area contributed by atoms with Crippen molar-refractivity contribution >= 4 is 23.7 Å². The maximum Gasteiger partial charge on any atom is 0.254 e. The minimum absolute atomic E-state index is 0.0903. The summed E-state index contributed by atoms with van der Waals surface area (Å²) in [5, 5.41) is 7.77. The number of aromatic nitrogens is 1. The minimum Gasteiger partial charge on any atom is -0.401 e. The van der Waals surface area contributed by atoms with E-state index in [-0.39, 0.29) is 11.3 Å². The van der Waals surface area contributed by atoms with Crippen molar-refractivity contribution in [1.82, 2.24) is 9.88 Å². The second-order valence-electron chi connectivity index (χ2n) is 5.39. The maximum absolute atomic E-state index is 12.5. The molecule has 3 N–H and O–H groups in total. The third-order valence-corrected chi connectivity index (χ3v) is 4.27. The van der Waals surface area contributed by atoms with Crippen molar-refractivity contribution in [2.45, 2.75) is 12.8 Å². The fourth-order valence-corrected chi connectivity index (χ4v) is 2.88. The molecule has 0 aromatic carbocycles. The summed E-state index contributed by atoms with van der Waals surface area (Å²) in [5.41, 5.74) is 8.05. The van der Waals surface area contributed by atoms with E-state index in [1.165, 1.54) is 12.4 Å². The monoisotopic (exact) mass is 290 g/mol. The van der Waals surface area contributed by atoms with Crippen LogP contribution in [0.15, 0.2) is 29.6 Å². The van der Waals surface area contributed by atoms with Crippen LogP contribution in [0.1, 0.15) is 23.2 Å². The third kappa shape index (κ3) is 2.08. The number of rotatable bonds is 2. The molecule has 0 radical (unpaired) electrons. The number of nitrogens with zero attached hydrogens (tertiary/aromatic N) is 2. The molecule has 2 heterocycles. The van der Waals surface area contributed by atoms with Crippen LogP contribution in [0.4, 0.5) is 0 Å². The minimum atomic E-state index is -0.0996. The number of carbonyl (C=O) groups excluding carboxylic acids is 1. The van der Waals surface area contributed by atoms with Crippen LogP contribution in [0.5, 0.6) is 0 Å². The molecule has 1 aliphatic heterocycles.